The van der Waals surface area contributed by atoms with E-state index < -0.39 is 10.0 Å². The van der Waals surface area contributed by atoms with E-state index in [4.69, 9.17) is 15.2 Å². The Labute approximate surface area is 141 Å². The summed E-state index contributed by atoms with van der Waals surface area (Å²) in [6.45, 7) is 1.08. The lowest BCUT2D eigenvalue weighted by Gasteiger charge is -2.23. The third-order valence-electron chi connectivity index (χ3n) is 2.71. The summed E-state index contributed by atoms with van der Waals surface area (Å²) in [5.41, 5.74) is 6.17. The highest BCUT2D eigenvalue weighted by Crippen LogP contribution is 2.34. The molecule has 0 heterocycles. The van der Waals surface area contributed by atoms with E-state index in [9.17, 15) is 8.42 Å². The van der Waals surface area contributed by atoms with Crippen LogP contribution in [0.2, 0.25) is 0 Å². The topological polar surface area (TPSA) is 81.9 Å². The molecule has 0 radical (unpaired) electrons. The molecule has 0 unspecified atom stereocenters. The van der Waals surface area contributed by atoms with Gasteiger partial charge in [-0.3, -0.25) is 0 Å². The zero-order valence-electron chi connectivity index (χ0n) is 11.8. The molecule has 0 atom stereocenters. The number of nitrogens with two attached hydrogens (primary N) is 1. The first-order valence-corrected chi connectivity index (χ1v) is 9.09. The molecule has 0 aromatic heterocycles. The Hall–Kier alpha value is -0.190. The fourth-order valence-electron chi connectivity index (χ4n) is 1.69. The number of methoxy groups -OCH3 is 2. The average Bonchev–Trinajstić information content (AvgIpc) is 2.36. The number of hydrogen-bond donors (Lipinski definition) is 1. The standard InChI is InChI=1S/C12H18Br2N2O4S/c1-19-5-3-16(4-6-20-2)21(17,18)12-10(13)7-9(15)8-11(12)14/h7-8H,3-6,15H2,1-2H3. The number of hydrogen-bond acceptors (Lipinski definition) is 5. The maximum Gasteiger partial charge on any atom is 0.245 e. The number of anilines is 1. The molecule has 1 aromatic rings. The maximum atomic E-state index is 12.8. The molecule has 0 fully saturated rings. The first kappa shape index (κ1) is 18.9. The van der Waals surface area contributed by atoms with Gasteiger partial charge in [-0.1, -0.05) is 0 Å². The molecule has 0 aliphatic carbocycles. The van der Waals surface area contributed by atoms with Gasteiger partial charge in [0.2, 0.25) is 10.0 Å². The predicted molar refractivity (Wildman–Crippen MR) is 88.8 cm³/mol. The molecule has 1 rings (SSSR count). The summed E-state index contributed by atoms with van der Waals surface area (Å²) in [6.07, 6.45) is 0. The van der Waals surface area contributed by atoms with Crippen molar-refractivity contribution in [3.05, 3.63) is 21.1 Å². The van der Waals surface area contributed by atoms with Crippen molar-refractivity contribution in [2.45, 2.75) is 4.90 Å². The van der Waals surface area contributed by atoms with Crippen LogP contribution >= 0.6 is 31.9 Å². The SMILES string of the molecule is COCCN(CCOC)S(=O)(=O)c1c(Br)cc(N)cc1Br. The first-order valence-electron chi connectivity index (χ1n) is 6.07. The number of rotatable bonds is 8. The molecule has 9 heteroatoms. The molecule has 21 heavy (non-hydrogen) atoms. The lowest BCUT2D eigenvalue weighted by atomic mass is 10.3. The minimum absolute atomic E-state index is 0.143. The highest BCUT2D eigenvalue weighted by molar-refractivity contribution is 9.11. The summed E-state index contributed by atoms with van der Waals surface area (Å²) in [4.78, 5) is 0.143. The smallest absolute Gasteiger partial charge is 0.245 e. The van der Waals surface area contributed by atoms with Gasteiger partial charge in [0.05, 0.1) is 13.2 Å². The quantitative estimate of drug-likeness (QED) is 0.619. The summed E-state index contributed by atoms with van der Waals surface area (Å²) < 4.78 is 37.7. The summed E-state index contributed by atoms with van der Waals surface area (Å²) >= 11 is 6.52. The Morgan fingerprint density at radius 1 is 1.10 bits per heavy atom. The summed E-state index contributed by atoms with van der Waals surface area (Å²) in [5.74, 6) is 0. The van der Waals surface area contributed by atoms with Gasteiger partial charge in [-0.2, -0.15) is 4.31 Å². The third-order valence-corrected chi connectivity index (χ3v) is 6.48. The van der Waals surface area contributed by atoms with Crippen molar-refractivity contribution in [3.8, 4) is 0 Å². The molecule has 0 bridgehead atoms. The fraction of sp³-hybridized carbons (Fsp3) is 0.500. The highest BCUT2D eigenvalue weighted by Gasteiger charge is 2.28. The largest absolute Gasteiger partial charge is 0.399 e. The number of ether oxygens (including phenoxy) is 2. The van der Waals surface area contributed by atoms with Crippen LogP contribution in [0.5, 0.6) is 0 Å². The van der Waals surface area contributed by atoms with Crippen LogP contribution in [0.1, 0.15) is 0 Å². The number of halogens is 2. The van der Waals surface area contributed by atoms with E-state index in [1.165, 1.54) is 18.5 Å². The molecular weight excluding hydrogens is 428 g/mol. The van der Waals surface area contributed by atoms with Crippen LogP contribution in [0.4, 0.5) is 5.69 Å². The van der Waals surface area contributed by atoms with Gasteiger partial charge >= 0.3 is 0 Å². The molecule has 0 saturated heterocycles. The van der Waals surface area contributed by atoms with Gasteiger partial charge in [-0.05, 0) is 44.0 Å². The number of nitrogen functional groups attached to an aromatic ring is 1. The van der Waals surface area contributed by atoms with E-state index in [2.05, 4.69) is 31.9 Å². The van der Waals surface area contributed by atoms with Crippen LogP contribution in [0, 0.1) is 0 Å². The second kappa shape index (κ2) is 8.44. The third kappa shape index (κ3) is 4.90. The van der Waals surface area contributed by atoms with Crippen molar-refractivity contribution in [3.63, 3.8) is 0 Å². The molecule has 6 nitrogen and oxygen atoms in total. The number of nitrogens with zero attached hydrogens (tertiary/aromatic N) is 1. The second-order valence-electron chi connectivity index (χ2n) is 4.20. The monoisotopic (exact) mass is 444 g/mol. The van der Waals surface area contributed by atoms with E-state index in [-0.39, 0.29) is 18.0 Å². The van der Waals surface area contributed by atoms with Gasteiger partial charge in [0, 0.05) is 41.9 Å². The van der Waals surface area contributed by atoms with Gasteiger partial charge in [0.15, 0.2) is 0 Å². The zero-order chi connectivity index (χ0) is 16.0. The van der Waals surface area contributed by atoms with Crippen LogP contribution < -0.4 is 5.73 Å². The fourth-order valence-corrected chi connectivity index (χ4v) is 5.64. The molecule has 120 valence electrons. The van der Waals surface area contributed by atoms with Gasteiger partial charge in [0.25, 0.3) is 0 Å². The molecule has 0 saturated carbocycles. The molecular formula is C12H18Br2N2O4S. The van der Waals surface area contributed by atoms with Crippen molar-refractivity contribution in [1.29, 1.82) is 0 Å². The van der Waals surface area contributed by atoms with Crippen molar-refractivity contribution < 1.29 is 17.9 Å². The van der Waals surface area contributed by atoms with E-state index in [1.54, 1.807) is 12.1 Å². The predicted octanol–water partition coefficient (Wildman–Crippen LogP) is 2.08. The normalized spacial score (nSPS) is 12.0. The molecule has 0 aliphatic rings. The van der Waals surface area contributed by atoms with Crippen molar-refractivity contribution in [1.82, 2.24) is 4.31 Å². The Morgan fingerprint density at radius 2 is 1.52 bits per heavy atom. The van der Waals surface area contributed by atoms with E-state index in [0.717, 1.165) is 0 Å². The molecule has 0 spiro atoms. The van der Waals surface area contributed by atoms with E-state index in [1.807, 2.05) is 0 Å². The summed E-state index contributed by atoms with van der Waals surface area (Å²) in [7, 11) is -0.652. The first-order chi connectivity index (χ1) is 9.84. The van der Waals surface area contributed by atoms with Crippen LogP contribution in [0.3, 0.4) is 0 Å². The van der Waals surface area contributed by atoms with Crippen molar-refractivity contribution in [2.24, 2.45) is 0 Å². The lowest BCUT2D eigenvalue weighted by molar-refractivity contribution is 0.150. The van der Waals surface area contributed by atoms with Gasteiger partial charge in [0.1, 0.15) is 4.90 Å². The summed E-state index contributed by atoms with van der Waals surface area (Å²) in [6, 6.07) is 3.12. The Morgan fingerprint density at radius 3 is 1.90 bits per heavy atom. The van der Waals surface area contributed by atoms with Crippen LogP contribution in [0.15, 0.2) is 26.0 Å². The maximum absolute atomic E-state index is 12.8. The van der Waals surface area contributed by atoms with Crippen molar-refractivity contribution in [2.75, 3.05) is 46.3 Å². The molecule has 0 amide bonds. The molecule has 2 N–H and O–H groups in total. The molecule has 1 aromatic carbocycles. The van der Waals surface area contributed by atoms with Crippen LogP contribution in [-0.4, -0.2) is 53.2 Å². The van der Waals surface area contributed by atoms with Crippen LogP contribution in [0.25, 0.3) is 0 Å². The number of benzene rings is 1. The zero-order valence-corrected chi connectivity index (χ0v) is 15.8. The lowest BCUT2D eigenvalue weighted by Crippen LogP contribution is -2.36. The van der Waals surface area contributed by atoms with Gasteiger partial charge < -0.3 is 15.2 Å². The highest BCUT2D eigenvalue weighted by atomic mass is 79.9. The average molecular weight is 446 g/mol. The second-order valence-corrected chi connectivity index (χ2v) is 7.79. The van der Waals surface area contributed by atoms with Crippen molar-refractivity contribution >= 4 is 47.6 Å². The van der Waals surface area contributed by atoms with Crippen LogP contribution in [-0.2, 0) is 19.5 Å². The minimum Gasteiger partial charge on any atom is -0.399 e. The minimum atomic E-state index is -3.70. The Bertz CT molecular complexity index is 550. The Kier molecular flexibility index (Phi) is 7.58. The van der Waals surface area contributed by atoms with Gasteiger partial charge in [-0.15, -0.1) is 0 Å². The Balaban J connectivity index is 3.21. The van der Waals surface area contributed by atoms with E-state index >= 15 is 0 Å². The summed E-state index contributed by atoms with van der Waals surface area (Å²) in [5, 5.41) is 0. The number of sulfonamides is 1. The van der Waals surface area contributed by atoms with E-state index in [0.29, 0.717) is 27.8 Å². The molecule has 0 aliphatic heterocycles. The van der Waals surface area contributed by atoms with Gasteiger partial charge in [-0.25, -0.2) is 8.42 Å².